The van der Waals surface area contributed by atoms with Gasteiger partial charge >= 0.3 is 0 Å². The Morgan fingerprint density at radius 3 is 2.58 bits per heavy atom. The smallest absolute Gasteiger partial charge is 0.289 e. The molecule has 198 valence electrons. The van der Waals surface area contributed by atoms with Gasteiger partial charge in [-0.25, -0.2) is 0 Å². The maximum Gasteiger partial charge on any atom is 0.289 e. The van der Waals surface area contributed by atoms with E-state index < -0.39 is 0 Å². The van der Waals surface area contributed by atoms with Gasteiger partial charge in [-0.05, 0) is 61.5 Å². The number of furan rings is 1. The van der Waals surface area contributed by atoms with Crippen LogP contribution >= 0.6 is 0 Å². The largest absolute Gasteiger partial charge is 0.485 e. The number of rotatable bonds is 8. The molecule has 5 rings (SSSR count). The monoisotopic (exact) mass is 517 g/mol. The van der Waals surface area contributed by atoms with Crippen molar-refractivity contribution in [3.63, 3.8) is 0 Å². The van der Waals surface area contributed by atoms with E-state index in [0.717, 1.165) is 25.2 Å². The van der Waals surface area contributed by atoms with Crippen LogP contribution in [0, 0.1) is 6.92 Å². The predicted octanol–water partition coefficient (Wildman–Crippen LogP) is 3.55. The van der Waals surface area contributed by atoms with E-state index in [4.69, 9.17) is 13.9 Å². The Morgan fingerprint density at radius 2 is 1.82 bits per heavy atom. The fourth-order valence-electron chi connectivity index (χ4n) is 4.64. The molecule has 1 aromatic heterocycles. The van der Waals surface area contributed by atoms with E-state index >= 15 is 0 Å². The van der Waals surface area contributed by atoms with E-state index in [9.17, 15) is 14.4 Å². The highest BCUT2D eigenvalue weighted by atomic mass is 16.5. The Morgan fingerprint density at radius 1 is 1.00 bits per heavy atom. The number of hydrogen-bond acceptors (Lipinski definition) is 7. The number of carbonyl (C=O) groups is 3. The third-order valence-corrected chi connectivity index (χ3v) is 6.88. The van der Waals surface area contributed by atoms with Gasteiger partial charge in [-0.1, -0.05) is 19.1 Å². The minimum atomic E-state index is -0.266. The van der Waals surface area contributed by atoms with Gasteiger partial charge in [0.05, 0.1) is 12.2 Å². The first kappa shape index (κ1) is 25.5. The predicted molar refractivity (Wildman–Crippen MR) is 141 cm³/mol. The van der Waals surface area contributed by atoms with Gasteiger partial charge in [-0.15, -0.1) is 0 Å². The van der Waals surface area contributed by atoms with Crippen LogP contribution in [0.4, 0.5) is 5.69 Å². The third-order valence-electron chi connectivity index (χ3n) is 6.88. The summed E-state index contributed by atoms with van der Waals surface area (Å²) in [6, 6.07) is 15.8. The number of aryl methyl sites for hydroxylation is 1. The SMILES string of the molecule is CCN1CCN(C(=O)c2ccc(CN3C(=O)COc4ccc(C(=O)COc5cccc(C)c5)cc43)o2)CC1. The van der Waals surface area contributed by atoms with Crippen LogP contribution in [0.2, 0.25) is 0 Å². The second-order valence-corrected chi connectivity index (χ2v) is 9.47. The van der Waals surface area contributed by atoms with Crippen molar-refractivity contribution in [1.29, 1.82) is 0 Å². The summed E-state index contributed by atoms with van der Waals surface area (Å²) in [5, 5.41) is 0. The van der Waals surface area contributed by atoms with Gasteiger partial charge in [0.15, 0.2) is 24.8 Å². The Kier molecular flexibility index (Phi) is 7.46. The molecule has 0 unspecified atom stereocenters. The highest BCUT2D eigenvalue weighted by Crippen LogP contribution is 2.34. The van der Waals surface area contributed by atoms with E-state index in [1.54, 1.807) is 41.3 Å². The van der Waals surface area contributed by atoms with E-state index in [0.29, 0.717) is 41.6 Å². The summed E-state index contributed by atoms with van der Waals surface area (Å²) < 4.78 is 17.1. The van der Waals surface area contributed by atoms with Crippen molar-refractivity contribution in [3.8, 4) is 11.5 Å². The summed E-state index contributed by atoms with van der Waals surface area (Å²) >= 11 is 0. The van der Waals surface area contributed by atoms with Crippen molar-refractivity contribution >= 4 is 23.3 Å². The van der Waals surface area contributed by atoms with E-state index in [-0.39, 0.29) is 43.1 Å². The molecular formula is C29H31N3O6. The summed E-state index contributed by atoms with van der Waals surface area (Å²) in [6.07, 6.45) is 0. The molecule has 9 nitrogen and oxygen atoms in total. The summed E-state index contributed by atoms with van der Waals surface area (Å²) in [4.78, 5) is 44.2. The molecule has 0 bridgehead atoms. The van der Waals surface area contributed by atoms with Gasteiger partial charge in [0, 0.05) is 31.7 Å². The lowest BCUT2D eigenvalue weighted by atomic mass is 10.1. The molecule has 1 saturated heterocycles. The first-order valence-corrected chi connectivity index (χ1v) is 12.8. The number of fused-ring (bicyclic) bond motifs is 1. The lowest BCUT2D eigenvalue weighted by molar-refractivity contribution is -0.121. The molecule has 0 spiro atoms. The molecule has 3 aromatic rings. The molecule has 38 heavy (non-hydrogen) atoms. The zero-order chi connectivity index (χ0) is 26.6. The van der Waals surface area contributed by atoms with Gasteiger partial charge in [0.1, 0.15) is 17.3 Å². The zero-order valence-corrected chi connectivity index (χ0v) is 21.6. The lowest BCUT2D eigenvalue weighted by Crippen LogP contribution is -2.48. The summed E-state index contributed by atoms with van der Waals surface area (Å²) in [5.74, 6) is 1.20. The number of Topliss-reactive ketones (excluding diaryl/α,β-unsaturated/α-hetero) is 1. The lowest BCUT2D eigenvalue weighted by Gasteiger charge is -2.33. The van der Waals surface area contributed by atoms with Crippen molar-refractivity contribution in [2.75, 3.05) is 50.8 Å². The Balaban J connectivity index is 1.28. The minimum absolute atomic E-state index is 0.115. The second kappa shape index (κ2) is 11.1. The second-order valence-electron chi connectivity index (χ2n) is 9.47. The summed E-state index contributed by atoms with van der Waals surface area (Å²) in [5.41, 5.74) is 1.92. The standard InChI is InChI=1S/C29H31N3O6/c1-3-30-11-13-31(14-12-30)29(35)27-10-8-23(38-27)17-32-24-16-21(7-9-26(24)37-19-28(32)34)25(33)18-36-22-6-4-5-20(2)15-22/h4-10,15-16H,3,11-14,17-19H2,1-2H3. The average molecular weight is 518 g/mol. The number of hydrogen-bond donors (Lipinski definition) is 0. The molecule has 0 N–H and O–H groups in total. The Bertz CT molecular complexity index is 1340. The van der Waals surface area contributed by atoms with Crippen LogP contribution in [0.1, 0.15) is 39.2 Å². The normalized spacial score (nSPS) is 15.7. The fraction of sp³-hybridized carbons (Fsp3) is 0.345. The minimum Gasteiger partial charge on any atom is -0.485 e. The van der Waals surface area contributed by atoms with Gasteiger partial charge in [0.25, 0.3) is 11.8 Å². The van der Waals surface area contributed by atoms with E-state index in [1.165, 1.54) is 4.90 Å². The van der Waals surface area contributed by atoms with E-state index in [2.05, 4.69) is 11.8 Å². The van der Waals surface area contributed by atoms with Crippen LogP contribution in [0.25, 0.3) is 0 Å². The van der Waals surface area contributed by atoms with Gasteiger partial charge in [0.2, 0.25) is 0 Å². The molecule has 0 saturated carbocycles. The van der Waals surface area contributed by atoms with Crippen LogP contribution in [0.5, 0.6) is 11.5 Å². The van der Waals surface area contributed by atoms with Crippen molar-refractivity contribution in [1.82, 2.24) is 9.80 Å². The van der Waals surface area contributed by atoms with Crippen LogP contribution in [-0.2, 0) is 11.3 Å². The number of benzene rings is 2. The fourth-order valence-corrected chi connectivity index (χ4v) is 4.64. The van der Waals surface area contributed by atoms with Gasteiger partial charge in [-0.3, -0.25) is 19.3 Å². The topological polar surface area (TPSA) is 92.5 Å². The highest BCUT2D eigenvalue weighted by molar-refractivity contribution is 6.02. The first-order chi connectivity index (χ1) is 18.4. The molecule has 2 amide bonds. The molecule has 2 aromatic carbocycles. The van der Waals surface area contributed by atoms with Crippen LogP contribution in [0.15, 0.2) is 59.0 Å². The number of ketones is 1. The first-order valence-electron chi connectivity index (χ1n) is 12.8. The van der Waals surface area contributed by atoms with Crippen LogP contribution in [-0.4, -0.2) is 73.3 Å². The number of anilines is 1. The molecule has 3 heterocycles. The summed E-state index contributed by atoms with van der Waals surface area (Å²) in [7, 11) is 0. The molecule has 0 radical (unpaired) electrons. The third kappa shape index (κ3) is 5.57. The summed E-state index contributed by atoms with van der Waals surface area (Å²) in [6.45, 7) is 7.88. The maximum absolute atomic E-state index is 12.9. The quantitative estimate of drug-likeness (QED) is 0.422. The van der Waals surface area contributed by atoms with Gasteiger partial charge in [-0.2, -0.15) is 0 Å². The van der Waals surface area contributed by atoms with Crippen molar-refractivity contribution in [3.05, 3.63) is 77.2 Å². The van der Waals surface area contributed by atoms with Crippen molar-refractivity contribution < 1.29 is 28.3 Å². The molecule has 2 aliphatic heterocycles. The average Bonchev–Trinajstić information content (AvgIpc) is 3.41. The number of piperazine rings is 1. The number of ether oxygens (including phenoxy) is 2. The van der Waals surface area contributed by atoms with Crippen LogP contribution < -0.4 is 14.4 Å². The molecule has 0 atom stereocenters. The Hall–Kier alpha value is -4.11. The molecule has 2 aliphatic rings. The number of carbonyl (C=O) groups excluding carboxylic acids is 3. The molecule has 9 heteroatoms. The maximum atomic E-state index is 12.9. The highest BCUT2D eigenvalue weighted by Gasteiger charge is 2.29. The van der Waals surface area contributed by atoms with E-state index in [1.807, 2.05) is 25.1 Å². The molecule has 1 fully saturated rings. The molecular weight excluding hydrogens is 486 g/mol. The van der Waals surface area contributed by atoms with Crippen molar-refractivity contribution in [2.24, 2.45) is 0 Å². The molecule has 0 aliphatic carbocycles. The zero-order valence-electron chi connectivity index (χ0n) is 21.6. The number of likely N-dealkylation sites (N-methyl/N-ethyl adjacent to an activating group) is 1. The van der Waals surface area contributed by atoms with Crippen molar-refractivity contribution in [2.45, 2.75) is 20.4 Å². The number of amides is 2. The number of nitrogens with zero attached hydrogens (tertiary/aromatic N) is 3. The van der Waals surface area contributed by atoms with Gasteiger partial charge < -0.3 is 23.7 Å². The Labute approximate surface area is 221 Å². The van der Waals surface area contributed by atoms with Crippen LogP contribution in [0.3, 0.4) is 0 Å².